The SMILES string of the molecule is CCNC(=NCC1(OC)CCOCC1)NC1CCN(CCOC)CC1.I. The summed E-state index contributed by atoms with van der Waals surface area (Å²) in [5.41, 5.74) is -0.176. The predicted molar refractivity (Wildman–Crippen MR) is 116 cm³/mol. The molecule has 0 aromatic carbocycles. The van der Waals surface area contributed by atoms with Gasteiger partial charge in [0, 0.05) is 72.5 Å². The molecule has 0 aliphatic carbocycles. The molecule has 2 N–H and O–H groups in total. The molecule has 7 nitrogen and oxygen atoms in total. The lowest BCUT2D eigenvalue weighted by Crippen LogP contribution is -2.50. The first kappa shape index (κ1) is 23.9. The van der Waals surface area contributed by atoms with Crippen molar-refractivity contribution in [1.82, 2.24) is 15.5 Å². The molecular formula is C18H37IN4O3. The summed E-state index contributed by atoms with van der Waals surface area (Å²) in [5, 5.41) is 6.98. The van der Waals surface area contributed by atoms with Gasteiger partial charge in [0.25, 0.3) is 0 Å². The highest BCUT2D eigenvalue weighted by Gasteiger charge is 2.32. The van der Waals surface area contributed by atoms with Crippen LogP contribution in [-0.4, -0.2) is 89.3 Å². The Kier molecular flexibility index (Phi) is 12.0. The highest BCUT2D eigenvalue weighted by atomic mass is 127. The molecule has 2 heterocycles. The second-order valence-corrected chi connectivity index (χ2v) is 6.95. The number of rotatable bonds is 8. The minimum atomic E-state index is -0.176. The van der Waals surface area contributed by atoms with Gasteiger partial charge in [0.05, 0.1) is 18.8 Å². The van der Waals surface area contributed by atoms with Crippen LogP contribution >= 0.6 is 24.0 Å². The average molecular weight is 484 g/mol. The van der Waals surface area contributed by atoms with Crippen molar-refractivity contribution in [2.24, 2.45) is 4.99 Å². The number of ether oxygens (including phenoxy) is 3. The van der Waals surface area contributed by atoms with Gasteiger partial charge < -0.3 is 29.7 Å². The van der Waals surface area contributed by atoms with Crippen LogP contribution in [0.2, 0.25) is 0 Å². The van der Waals surface area contributed by atoms with Gasteiger partial charge in [-0.2, -0.15) is 0 Å². The third kappa shape index (κ3) is 7.84. The van der Waals surface area contributed by atoms with E-state index in [9.17, 15) is 0 Å². The van der Waals surface area contributed by atoms with E-state index in [4.69, 9.17) is 19.2 Å². The average Bonchev–Trinajstić information content (AvgIpc) is 2.66. The van der Waals surface area contributed by atoms with Crippen LogP contribution in [-0.2, 0) is 14.2 Å². The van der Waals surface area contributed by atoms with Gasteiger partial charge in [0.15, 0.2) is 5.96 Å². The van der Waals surface area contributed by atoms with Crippen LogP contribution in [0.3, 0.4) is 0 Å². The summed E-state index contributed by atoms with van der Waals surface area (Å²) in [6.45, 7) is 9.21. The highest BCUT2D eigenvalue weighted by Crippen LogP contribution is 2.24. The number of guanidine groups is 1. The quantitative estimate of drug-likeness (QED) is 0.309. The first-order valence-corrected chi connectivity index (χ1v) is 9.60. The number of hydrogen-bond donors (Lipinski definition) is 2. The lowest BCUT2D eigenvalue weighted by atomic mass is 9.94. The largest absolute Gasteiger partial charge is 0.383 e. The summed E-state index contributed by atoms with van der Waals surface area (Å²) in [7, 11) is 3.55. The number of likely N-dealkylation sites (tertiary alicyclic amines) is 1. The number of aliphatic imine (C=N–C) groups is 1. The van der Waals surface area contributed by atoms with E-state index in [0.29, 0.717) is 12.6 Å². The van der Waals surface area contributed by atoms with Gasteiger partial charge in [0.1, 0.15) is 0 Å². The molecule has 2 aliphatic heterocycles. The molecule has 0 radical (unpaired) electrons. The Morgan fingerprint density at radius 2 is 1.92 bits per heavy atom. The van der Waals surface area contributed by atoms with Crippen molar-refractivity contribution in [3.8, 4) is 0 Å². The lowest BCUT2D eigenvalue weighted by molar-refractivity contribution is -0.0828. The molecule has 0 bridgehead atoms. The Labute approximate surface area is 175 Å². The van der Waals surface area contributed by atoms with Crippen molar-refractivity contribution in [3.05, 3.63) is 0 Å². The minimum absolute atomic E-state index is 0. The molecule has 0 saturated carbocycles. The third-order valence-corrected chi connectivity index (χ3v) is 5.25. The van der Waals surface area contributed by atoms with Crippen LogP contribution in [0.4, 0.5) is 0 Å². The first-order chi connectivity index (χ1) is 12.2. The van der Waals surface area contributed by atoms with Crippen molar-refractivity contribution >= 4 is 29.9 Å². The summed E-state index contributed by atoms with van der Waals surface area (Å²) in [5.74, 6) is 0.903. The molecule has 26 heavy (non-hydrogen) atoms. The molecule has 2 fully saturated rings. The highest BCUT2D eigenvalue weighted by molar-refractivity contribution is 14.0. The Hall–Kier alpha value is -0.160. The van der Waals surface area contributed by atoms with Gasteiger partial charge in [-0.05, 0) is 19.8 Å². The van der Waals surface area contributed by atoms with Gasteiger partial charge in [-0.25, -0.2) is 0 Å². The van der Waals surface area contributed by atoms with E-state index in [2.05, 4.69) is 22.5 Å². The van der Waals surface area contributed by atoms with Crippen molar-refractivity contribution < 1.29 is 14.2 Å². The predicted octanol–water partition coefficient (Wildman–Crippen LogP) is 1.47. The third-order valence-electron chi connectivity index (χ3n) is 5.25. The molecular weight excluding hydrogens is 447 g/mol. The van der Waals surface area contributed by atoms with Crippen LogP contribution in [0.15, 0.2) is 4.99 Å². The fourth-order valence-electron chi connectivity index (χ4n) is 3.43. The lowest BCUT2D eigenvalue weighted by Gasteiger charge is -2.35. The van der Waals surface area contributed by atoms with Crippen molar-refractivity contribution in [2.75, 3.05) is 66.8 Å². The number of halogens is 1. The van der Waals surface area contributed by atoms with Crippen LogP contribution in [0, 0.1) is 0 Å². The molecule has 0 spiro atoms. The fourth-order valence-corrected chi connectivity index (χ4v) is 3.43. The van der Waals surface area contributed by atoms with Crippen molar-refractivity contribution in [3.63, 3.8) is 0 Å². The van der Waals surface area contributed by atoms with E-state index >= 15 is 0 Å². The molecule has 2 aliphatic rings. The zero-order valence-electron chi connectivity index (χ0n) is 16.6. The molecule has 8 heteroatoms. The van der Waals surface area contributed by atoms with Crippen LogP contribution in [0.1, 0.15) is 32.6 Å². The molecule has 0 unspecified atom stereocenters. The van der Waals surface area contributed by atoms with Gasteiger partial charge in [-0.15, -0.1) is 24.0 Å². The number of nitrogens with zero attached hydrogens (tertiary/aromatic N) is 2. The Morgan fingerprint density at radius 3 is 2.50 bits per heavy atom. The standard InChI is InChI=1S/C18H36N4O3.HI/c1-4-19-17(20-15-18(24-3)7-12-25-13-8-18)21-16-5-9-22(10-6-16)11-14-23-2;/h16H,4-15H2,1-3H3,(H2,19,20,21);1H. The van der Waals surface area contributed by atoms with E-state index < -0.39 is 0 Å². The van der Waals surface area contributed by atoms with Crippen LogP contribution in [0.5, 0.6) is 0 Å². The maximum absolute atomic E-state index is 5.79. The molecule has 154 valence electrons. The smallest absolute Gasteiger partial charge is 0.191 e. The van der Waals surface area contributed by atoms with E-state index in [1.807, 2.05) is 0 Å². The van der Waals surface area contributed by atoms with Crippen molar-refractivity contribution in [1.29, 1.82) is 0 Å². The maximum Gasteiger partial charge on any atom is 0.191 e. The summed E-state index contributed by atoms with van der Waals surface area (Å²) >= 11 is 0. The molecule has 0 atom stereocenters. The normalized spacial score (nSPS) is 21.9. The number of hydrogen-bond acceptors (Lipinski definition) is 5. The van der Waals surface area contributed by atoms with Gasteiger partial charge >= 0.3 is 0 Å². The zero-order chi connectivity index (χ0) is 18.0. The Morgan fingerprint density at radius 1 is 1.23 bits per heavy atom. The molecule has 2 saturated heterocycles. The first-order valence-electron chi connectivity index (χ1n) is 9.60. The second kappa shape index (κ2) is 13.1. The van der Waals surface area contributed by atoms with Crippen molar-refractivity contribution in [2.45, 2.75) is 44.2 Å². The van der Waals surface area contributed by atoms with E-state index in [-0.39, 0.29) is 29.6 Å². The number of piperidine rings is 1. The monoisotopic (exact) mass is 484 g/mol. The summed E-state index contributed by atoms with van der Waals surface area (Å²) in [6, 6.07) is 0.477. The van der Waals surface area contributed by atoms with Crippen LogP contribution < -0.4 is 10.6 Å². The molecule has 0 aromatic rings. The zero-order valence-corrected chi connectivity index (χ0v) is 18.9. The number of nitrogens with one attached hydrogen (secondary N) is 2. The van der Waals surface area contributed by atoms with Gasteiger partial charge in [-0.1, -0.05) is 0 Å². The molecule has 2 rings (SSSR count). The second-order valence-electron chi connectivity index (χ2n) is 6.95. The van der Waals surface area contributed by atoms with Crippen LogP contribution in [0.25, 0.3) is 0 Å². The molecule has 0 amide bonds. The Balaban J connectivity index is 0.00000338. The minimum Gasteiger partial charge on any atom is -0.383 e. The summed E-state index contributed by atoms with van der Waals surface area (Å²) in [6.07, 6.45) is 4.09. The summed E-state index contributed by atoms with van der Waals surface area (Å²) < 4.78 is 16.4. The van der Waals surface area contributed by atoms with Gasteiger partial charge in [-0.3, -0.25) is 4.99 Å². The van der Waals surface area contributed by atoms with Gasteiger partial charge in [0.2, 0.25) is 0 Å². The Bertz CT molecular complexity index is 398. The number of methoxy groups -OCH3 is 2. The van der Waals surface area contributed by atoms with E-state index in [1.165, 1.54) is 0 Å². The molecule has 0 aromatic heterocycles. The summed E-state index contributed by atoms with van der Waals surface area (Å²) in [4.78, 5) is 7.29. The van der Waals surface area contributed by atoms with E-state index in [1.54, 1.807) is 14.2 Å². The topological polar surface area (TPSA) is 67.4 Å². The maximum atomic E-state index is 5.79. The fraction of sp³-hybridized carbons (Fsp3) is 0.944. The van der Waals surface area contributed by atoms with E-state index in [0.717, 1.165) is 77.6 Å².